The predicted molar refractivity (Wildman–Crippen MR) is 117 cm³/mol. The number of aryl methyl sites for hydroxylation is 1. The lowest BCUT2D eigenvalue weighted by Crippen LogP contribution is -2.40. The lowest BCUT2D eigenvalue weighted by Gasteiger charge is -2.24. The average molecular weight is 417 g/mol. The number of anilines is 1. The van der Waals surface area contributed by atoms with Gasteiger partial charge in [-0.15, -0.1) is 10.7 Å². The van der Waals surface area contributed by atoms with Crippen molar-refractivity contribution < 1.29 is 14.3 Å². The molecular formula is C23H23N5O3. The van der Waals surface area contributed by atoms with E-state index in [-0.39, 0.29) is 12.6 Å². The number of hydrogen-bond donors (Lipinski definition) is 1. The zero-order valence-electron chi connectivity index (χ0n) is 17.6. The number of hydrazine groups is 3. The van der Waals surface area contributed by atoms with Crippen LogP contribution in [0.15, 0.2) is 60.7 Å². The Balaban J connectivity index is 1.57. The highest BCUT2D eigenvalue weighted by Crippen LogP contribution is 2.29. The largest absolute Gasteiger partial charge is 0.473 e. The van der Waals surface area contributed by atoms with Gasteiger partial charge >= 0.3 is 6.03 Å². The van der Waals surface area contributed by atoms with Crippen molar-refractivity contribution in [2.75, 3.05) is 19.1 Å². The van der Waals surface area contributed by atoms with E-state index in [1.54, 1.807) is 42.4 Å². The predicted octanol–water partition coefficient (Wildman–Crippen LogP) is 3.59. The minimum absolute atomic E-state index is 0.187. The number of carbonyl (C=O) groups excluding carboxylic acids is 2. The van der Waals surface area contributed by atoms with Crippen LogP contribution in [0.3, 0.4) is 0 Å². The van der Waals surface area contributed by atoms with Crippen LogP contribution in [0.1, 0.15) is 21.5 Å². The third-order valence-corrected chi connectivity index (χ3v) is 5.11. The molecule has 2 aromatic carbocycles. The molecule has 0 saturated carbocycles. The van der Waals surface area contributed by atoms with Gasteiger partial charge in [-0.2, -0.15) is 0 Å². The highest BCUT2D eigenvalue weighted by molar-refractivity contribution is 5.92. The minimum atomic E-state index is -0.187. The maximum Gasteiger partial charge on any atom is 0.355 e. The molecule has 1 aliphatic heterocycles. The zero-order chi connectivity index (χ0) is 22.0. The third kappa shape index (κ3) is 4.11. The van der Waals surface area contributed by atoms with Crippen molar-refractivity contribution in [3.8, 4) is 17.1 Å². The topological polar surface area (TPSA) is 78.0 Å². The lowest BCUT2D eigenvalue weighted by molar-refractivity contribution is 0.112. The average Bonchev–Trinajstić information content (AvgIpc) is 3.04. The molecule has 4 rings (SSSR count). The second-order valence-electron chi connectivity index (χ2n) is 7.24. The van der Waals surface area contributed by atoms with Crippen molar-refractivity contribution in [3.63, 3.8) is 0 Å². The van der Waals surface area contributed by atoms with Crippen LogP contribution in [-0.2, 0) is 6.61 Å². The van der Waals surface area contributed by atoms with Gasteiger partial charge in [0.1, 0.15) is 12.9 Å². The van der Waals surface area contributed by atoms with Crippen molar-refractivity contribution in [1.82, 2.24) is 20.6 Å². The first-order valence-corrected chi connectivity index (χ1v) is 9.79. The number of aromatic nitrogens is 1. The molecule has 0 spiro atoms. The molecule has 158 valence electrons. The van der Waals surface area contributed by atoms with E-state index >= 15 is 0 Å². The molecule has 0 aliphatic carbocycles. The first-order valence-electron chi connectivity index (χ1n) is 9.79. The Labute approximate surface area is 180 Å². The quantitative estimate of drug-likeness (QED) is 0.618. The molecule has 0 atom stereocenters. The van der Waals surface area contributed by atoms with Crippen LogP contribution in [0.2, 0.25) is 0 Å². The summed E-state index contributed by atoms with van der Waals surface area (Å²) in [6.45, 7) is 2.24. The summed E-state index contributed by atoms with van der Waals surface area (Å²) in [5, 5.41) is 4.60. The number of benzene rings is 2. The standard InChI is InChI=1S/C23H23N5O3/c1-16-6-4-8-21(28-23(30)26(2)25-27(28)3)19(16)15-31-22-9-5-7-20(24-22)18-12-10-17(14-29)11-13-18/h4-14,25H,15H2,1-3H3. The molecule has 2 amide bonds. The van der Waals surface area contributed by atoms with E-state index in [1.807, 2.05) is 49.4 Å². The Morgan fingerprint density at radius 3 is 2.45 bits per heavy atom. The smallest absolute Gasteiger partial charge is 0.355 e. The minimum Gasteiger partial charge on any atom is -0.473 e. The Hall–Kier alpha value is -3.75. The van der Waals surface area contributed by atoms with Crippen LogP contribution >= 0.6 is 0 Å². The number of urea groups is 1. The highest BCUT2D eigenvalue weighted by atomic mass is 16.5. The van der Waals surface area contributed by atoms with Crippen LogP contribution in [0.25, 0.3) is 11.3 Å². The van der Waals surface area contributed by atoms with Crippen LogP contribution < -0.4 is 15.3 Å². The van der Waals surface area contributed by atoms with Crippen LogP contribution in [0, 0.1) is 6.92 Å². The van der Waals surface area contributed by atoms with E-state index in [1.165, 1.54) is 5.01 Å². The van der Waals surface area contributed by atoms with Crippen molar-refractivity contribution in [2.24, 2.45) is 0 Å². The maximum absolute atomic E-state index is 12.6. The number of nitrogens with zero attached hydrogens (tertiary/aromatic N) is 4. The highest BCUT2D eigenvalue weighted by Gasteiger charge is 2.33. The van der Waals surface area contributed by atoms with Crippen molar-refractivity contribution in [3.05, 3.63) is 77.4 Å². The summed E-state index contributed by atoms with van der Waals surface area (Å²) in [7, 11) is 3.44. The molecule has 2 heterocycles. The summed E-state index contributed by atoms with van der Waals surface area (Å²) in [4.78, 5) is 28.0. The second kappa shape index (κ2) is 8.55. The fraction of sp³-hybridized carbons (Fsp3) is 0.174. The van der Waals surface area contributed by atoms with Crippen LogP contribution in [-0.4, -0.2) is 41.5 Å². The molecule has 1 fully saturated rings. The maximum atomic E-state index is 12.6. The molecule has 1 aromatic heterocycles. The van der Waals surface area contributed by atoms with E-state index in [2.05, 4.69) is 10.5 Å². The Bertz CT molecular complexity index is 1120. The van der Waals surface area contributed by atoms with E-state index in [0.29, 0.717) is 11.4 Å². The molecule has 31 heavy (non-hydrogen) atoms. The first-order chi connectivity index (χ1) is 15.0. The van der Waals surface area contributed by atoms with E-state index in [9.17, 15) is 9.59 Å². The normalized spacial score (nSPS) is 14.2. The molecule has 1 saturated heterocycles. The third-order valence-electron chi connectivity index (χ3n) is 5.11. The van der Waals surface area contributed by atoms with Gasteiger partial charge in [-0.1, -0.05) is 42.5 Å². The Morgan fingerprint density at radius 1 is 1.03 bits per heavy atom. The zero-order valence-corrected chi connectivity index (χ0v) is 17.6. The first kappa shape index (κ1) is 20.5. The van der Waals surface area contributed by atoms with Gasteiger partial charge < -0.3 is 4.74 Å². The fourth-order valence-electron chi connectivity index (χ4n) is 3.45. The summed E-state index contributed by atoms with van der Waals surface area (Å²) in [6, 6.07) is 18.4. The lowest BCUT2D eigenvalue weighted by atomic mass is 10.1. The number of amides is 2. The van der Waals surface area contributed by atoms with Crippen LogP contribution in [0.5, 0.6) is 5.88 Å². The number of carbonyl (C=O) groups is 2. The number of ether oxygens (including phenoxy) is 1. The van der Waals surface area contributed by atoms with Crippen molar-refractivity contribution >= 4 is 18.0 Å². The molecule has 0 radical (unpaired) electrons. The molecule has 1 N–H and O–H groups in total. The molecule has 0 unspecified atom stereocenters. The molecule has 3 aromatic rings. The molecule has 0 bridgehead atoms. The van der Waals surface area contributed by atoms with Crippen molar-refractivity contribution in [1.29, 1.82) is 0 Å². The SMILES string of the molecule is Cc1cccc(N2C(=O)N(C)NN2C)c1COc1cccc(-c2ccc(C=O)cc2)n1. The van der Waals surface area contributed by atoms with Gasteiger partial charge in [-0.25, -0.2) is 19.8 Å². The number of nitrogens with one attached hydrogen (secondary N) is 1. The number of aldehydes is 1. The number of hydrogen-bond acceptors (Lipinski definition) is 6. The van der Waals surface area contributed by atoms with Gasteiger partial charge in [-0.3, -0.25) is 4.79 Å². The van der Waals surface area contributed by atoms with Gasteiger partial charge in [0, 0.05) is 36.9 Å². The summed E-state index contributed by atoms with van der Waals surface area (Å²) < 4.78 is 6.02. The van der Waals surface area contributed by atoms with E-state index in [0.717, 1.165) is 34.4 Å². The monoisotopic (exact) mass is 417 g/mol. The number of pyridine rings is 1. The van der Waals surface area contributed by atoms with Crippen molar-refractivity contribution in [2.45, 2.75) is 13.5 Å². The summed E-state index contributed by atoms with van der Waals surface area (Å²) in [5.41, 5.74) is 7.84. The summed E-state index contributed by atoms with van der Waals surface area (Å²) >= 11 is 0. The molecule has 8 heteroatoms. The van der Waals surface area contributed by atoms with Gasteiger partial charge in [0.25, 0.3) is 0 Å². The second-order valence-corrected chi connectivity index (χ2v) is 7.24. The van der Waals surface area contributed by atoms with E-state index < -0.39 is 0 Å². The van der Waals surface area contributed by atoms with Crippen LogP contribution in [0.4, 0.5) is 10.5 Å². The van der Waals surface area contributed by atoms with Gasteiger partial charge in [0.2, 0.25) is 5.88 Å². The molecule has 8 nitrogen and oxygen atoms in total. The van der Waals surface area contributed by atoms with Gasteiger partial charge in [-0.05, 0) is 24.6 Å². The fourth-order valence-corrected chi connectivity index (χ4v) is 3.45. The summed E-state index contributed by atoms with van der Waals surface area (Å²) in [6.07, 6.45) is 0.812. The Kier molecular flexibility index (Phi) is 5.66. The molecule has 1 aliphatic rings. The Morgan fingerprint density at radius 2 is 1.77 bits per heavy atom. The number of rotatable bonds is 6. The van der Waals surface area contributed by atoms with E-state index in [4.69, 9.17) is 4.74 Å². The van der Waals surface area contributed by atoms with Gasteiger partial charge in [0.05, 0.1) is 11.4 Å². The summed E-state index contributed by atoms with van der Waals surface area (Å²) in [5.74, 6) is 0.475. The van der Waals surface area contributed by atoms with Gasteiger partial charge in [0.15, 0.2) is 0 Å². The molecular weight excluding hydrogens is 394 g/mol.